The van der Waals surface area contributed by atoms with E-state index in [1.165, 1.54) is 42.3 Å². The summed E-state index contributed by atoms with van der Waals surface area (Å²) in [5.74, 6) is 0.912. The second-order valence-corrected chi connectivity index (χ2v) is 6.01. The van der Waals surface area contributed by atoms with Gasteiger partial charge >= 0.3 is 0 Å². The molecule has 3 rings (SSSR count). The topological polar surface area (TPSA) is 17.0 Å². The molecule has 102 valence electrons. The van der Waals surface area contributed by atoms with Crippen molar-refractivity contribution in [2.75, 3.05) is 7.05 Å². The van der Waals surface area contributed by atoms with Gasteiger partial charge in [-0.15, -0.1) is 0 Å². The maximum atomic E-state index is 3.33. The number of aromatic nitrogens is 1. The molecule has 19 heavy (non-hydrogen) atoms. The Balaban J connectivity index is 1.88. The Labute approximate surface area is 115 Å². The van der Waals surface area contributed by atoms with Gasteiger partial charge < -0.3 is 9.88 Å². The predicted molar refractivity (Wildman–Crippen MR) is 81.5 cm³/mol. The average Bonchev–Trinajstić information content (AvgIpc) is 2.78. The number of rotatable bonds is 5. The molecule has 0 bridgehead atoms. The molecule has 1 aromatic heterocycles. The second kappa shape index (κ2) is 5.38. The van der Waals surface area contributed by atoms with Gasteiger partial charge in [0.15, 0.2) is 0 Å². The second-order valence-electron chi connectivity index (χ2n) is 6.01. The van der Waals surface area contributed by atoms with Crippen LogP contribution in [0.2, 0.25) is 0 Å². The molecule has 1 fully saturated rings. The van der Waals surface area contributed by atoms with Gasteiger partial charge in [-0.05, 0) is 56.8 Å². The van der Waals surface area contributed by atoms with E-state index in [1.807, 2.05) is 7.05 Å². The summed E-state index contributed by atoms with van der Waals surface area (Å²) in [6, 6.07) is 9.56. The van der Waals surface area contributed by atoms with Crippen LogP contribution in [0.3, 0.4) is 0 Å². The Hall–Kier alpha value is -1.28. The van der Waals surface area contributed by atoms with E-state index in [2.05, 4.69) is 47.3 Å². The predicted octanol–water partition coefficient (Wildman–Crippen LogP) is 3.59. The molecular weight excluding hydrogens is 232 g/mol. The van der Waals surface area contributed by atoms with Crippen LogP contribution < -0.4 is 5.32 Å². The van der Waals surface area contributed by atoms with E-state index >= 15 is 0 Å². The molecule has 1 unspecified atom stereocenters. The molecule has 0 aliphatic heterocycles. The highest BCUT2D eigenvalue weighted by Crippen LogP contribution is 2.30. The number of hydrogen-bond donors (Lipinski definition) is 1. The minimum absolute atomic E-state index is 0.528. The van der Waals surface area contributed by atoms with E-state index in [4.69, 9.17) is 0 Å². The van der Waals surface area contributed by atoms with Crippen molar-refractivity contribution >= 4 is 10.9 Å². The summed E-state index contributed by atoms with van der Waals surface area (Å²) in [5, 5.41) is 4.76. The van der Waals surface area contributed by atoms with E-state index < -0.39 is 0 Å². The zero-order valence-electron chi connectivity index (χ0n) is 12.0. The van der Waals surface area contributed by atoms with Crippen LogP contribution in [0.4, 0.5) is 0 Å². The molecule has 0 spiro atoms. The third kappa shape index (κ3) is 2.55. The van der Waals surface area contributed by atoms with Gasteiger partial charge in [0.2, 0.25) is 0 Å². The lowest BCUT2D eigenvalue weighted by Gasteiger charge is -2.26. The minimum Gasteiger partial charge on any atom is -0.347 e. The summed E-state index contributed by atoms with van der Waals surface area (Å²) in [5.41, 5.74) is 2.87. The van der Waals surface area contributed by atoms with Crippen LogP contribution in [0.25, 0.3) is 10.9 Å². The molecule has 1 saturated carbocycles. The van der Waals surface area contributed by atoms with Gasteiger partial charge in [-0.1, -0.05) is 18.6 Å². The summed E-state index contributed by atoms with van der Waals surface area (Å²) in [7, 11) is 2.03. The van der Waals surface area contributed by atoms with Crippen molar-refractivity contribution < 1.29 is 0 Å². The molecule has 1 atom stereocenters. The zero-order chi connectivity index (χ0) is 13.2. The lowest BCUT2D eigenvalue weighted by atomic mass is 9.85. The smallest absolute Gasteiger partial charge is 0.0483 e. The fraction of sp³-hybridized carbons (Fsp3) is 0.529. The van der Waals surface area contributed by atoms with E-state index in [1.54, 1.807) is 0 Å². The number of nitrogens with one attached hydrogen (secondary N) is 1. The van der Waals surface area contributed by atoms with Gasteiger partial charge in [0.1, 0.15) is 0 Å². The lowest BCUT2D eigenvalue weighted by molar-refractivity contribution is 0.280. The Morgan fingerprint density at radius 2 is 2.16 bits per heavy atom. The zero-order valence-corrected chi connectivity index (χ0v) is 12.0. The van der Waals surface area contributed by atoms with E-state index in [-0.39, 0.29) is 0 Å². The van der Waals surface area contributed by atoms with Gasteiger partial charge in [-0.25, -0.2) is 0 Å². The first-order valence-electron chi connectivity index (χ1n) is 7.52. The average molecular weight is 256 g/mol. The molecule has 0 saturated heterocycles. The van der Waals surface area contributed by atoms with Crippen molar-refractivity contribution in [3.63, 3.8) is 0 Å². The summed E-state index contributed by atoms with van der Waals surface area (Å²) < 4.78 is 2.45. The first-order chi connectivity index (χ1) is 9.28. The fourth-order valence-corrected chi connectivity index (χ4v) is 3.01. The fourth-order valence-electron chi connectivity index (χ4n) is 3.01. The quantitative estimate of drug-likeness (QED) is 0.865. The Bertz CT molecular complexity index is 551. The van der Waals surface area contributed by atoms with Crippen LogP contribution >= 0.6 is 0 Å². The minimum atomic E-state index is 0.528. The summed E-state index contributed by atoms with van der Waals surface area (Å²) in [6.07, 6.45) is 7.62. The normalized spacial score (nSPS) is 17.6. The van der Waals surface area contributed by atoms with Crippen molar-refractivity contribution in [2.45, 2.75) is 45.2 Å². The SMILES string of the molecule is CNC(C)Cc1cccc2c1ccn2CC1CCC1. The molecule has 1 aromatic carbocycles. The third-order valence-electron chi connectivity index (χ3n) is 4.60. The molecule has 2 heteroatoms. The molecule has 0 radical (unpaired) electrons. The Morgan fingerprint density at radius 3 is 2.84 bits per heavy atom. The highest BCUT2D eigenvalue weighted by molar-refractivity contribution is 5.83. The van der Waals surface area contributed by atoms with Crippen molar-refractivity contribution in [3.8, 4) is 0 Å². The van der Waals surface area contributed by atoms with Crippen molar-refractivity contribution in [1.82, 2.24) is 9.88 Å². The Kier molecular flexibility index (Phi) is 3.61. The van der Waals surface area contributed by atoms with Crippen molar-refractivity contribution in [3.05, 3.63) is 36.0 Å². The molecule has 2 aromatic rings. The van der Waals surface area contributed by atoms with E-state index in [0.717, 1.165) is 12.3 Å². The van der Waals surface area contributed by atoms with Gasteiger partial charge in [0.05, 0.1) is 0 Å². The number of fused-ring (bicyclic) bond motifs is 1. The Morgan fingerprint density at radius 1 is 1.32 bits per heavy atom. The molecule has 2 nitrogen and oxygen atoms in total. The summed E-state index contributed by atoms with van der Waals surface area (Å²) >= 11 is 0. The number of likely N-dealkylation sites (N-methyl/N-ethyl adjacent to an activating group) is 1. The number of hydrogen-bond acceptors (Lipinski definition) is 1. The first-order valence-corrected chi connectivity index (χ1v) is 7.52. The van der Waals surface area contributed by atoms with E-state index in [9.17, 15) is 0 Å². The standard InChI is InChI=1S/C17H24N2/c1-13(18-2)11-15-7-4-8-17-16(15)9-10-19(17)12-14-5-3-6-14/h4,7-10,13-14,18H,3,5-6,11-12H2,1-2H3. The summed E-state index contributed by atoms with van der Waals surface area (Å²) in [6.45, 7) is 3.44. The molecule has 0 amide bonds. The maximum absolute atomic E-state index is 3.33. The van der Waals surface area contributed by atoms with E-state index in [0.29, 0.717) is 6.04 Å². The number of nitrogens with zero attached hydrogens (tertiary/aromatic N) is 1. The van der Waals surface area contributed by atoms with Crippen LogP contribution in [0, 0.1) is 5.92 Å². The van der Waals surface area contributed by atoms with Crippen LogP contribution in [0.15, 0.2) is 30.5 Å². The maximum Gasteiger partial charge on any atom is 0.0483 e. The molecule has 1 aliphatic rings. The van der Waals surface area contributed by atoms with Gasteiger partial charge in [-0.2, -0.15) is 0 Å². The number of benzene rings is 1. The molecular formula is C17H24N2. The highest BCUT2D eigenvalue weighted by Gasteiger charge is 2.18. The van der Waals surface area contributed by atoms with Gasteiger partial charge in [-0.3, -0.25) is 0 Å². The first kappa shape index (κ1) is 12.7. The van der Waals surface area contributed by atoms with Gasteiger partial charge in [0, 0.05) is 29.7 Å². The molecule has 1 aliphatic carbocycles. The van der Waals surface area contributed by atoms with Crippen LogP contribution in [0.5, 0.6) is 0 Å². The third-order valence-corrected chi connectivity index (χ3v) is 4.60. The van der Waals surface area contributed by atoms with Gasteiger partial charge in [0.25, 0.3) is 0 Å². The lowest BCUT2D eigenvalue weighted by Crippen LogP contribution is -2.23. The van der Waals surface area contributed by atoms with Crippen LogP contribution in [-0.2, 0) is 13.0 Å². The largest absolute Gasteiger partial charge is 0.347 e. The highest BCUT2D eigenvalue weighted by atomic mass is 15.0. The van der Waals surface area contributed by atoms with Crippen molar-refractivity contribution in [1.29, 1.82) is 0 Å². The van der Waals surface area contributed by atoms with Crippen molar-refractivity contribution in [2.24, 2.45) is 5.92 Å². The summed E-state index contributed by atoms with van der Waals surface area (Å²) in [4.78, 5) is 0. The molecule has 1 N–H and O–H groups in total. The molecule has 1 heterocycles. The van der Waals surface area contributed by atoms with Crippen LogP contribution in [-0.4, -0.2) is 17.7 Å². The van der Waals surface area contributed by atoms with Crippen LogP contribution in [0.1, 0.15) is 31.7 Å². The monoisotopic (exact) mass is 256 g/mol.